The van der Waals surface area contributed by atoms with Gasteiger partial charge < -0.3 is 10.1 Å². The van der Waals surface area contributed by atoms with Crippen molar-refractivity contribution in [3.63, 3.8) is 0 Å². The Labute approximate surface area is 63.0 Å². The van der Waals surface area contributed by atoms with E-state index in [1.165, 1.54) is 0 Å². The molecule has 0 aromatic carbocycles. The molecule has 1 aliphatic rings. The van der Waals surface area contributed by atoms with Crippen LogP contribution in [0.1, 0.15) is 13.8 Å². The molecule has 60 valence electrons. The van der Waals surface area contributed by atoms with Crippen molar-refractivity contribution in [2.45, 2.75) is 13.8 Å². The van der Waals surface area contributed by atoms with Crippen LogP contribution >= 0.6 is 0 Å². The van der Waals surface area contributed by atoms with Gasteiger partial charge in [0.25, 0.3) is 0 Å². The van der Waals surface area contributed by atoms with Crippen LogP contribution in [-0.2, 0) is 4.74 Å². The summed E-state index contributed by atoms with van der Waals surface area (Å²) in [6, 6.07) is 0. The number of hydrogen-bond acceptors (Lipinski definition) is 2. The molecule has 0 spiro atoms. The predicted molar refractivity (Wildman–Crippen MR) is 42.0 cm³/mol. The quantitative estimate of drug-likeness (QED) is 0.588. The average Bonchev–Trinajstić information content (AvgIpc) is 2.12. The van der Waals surface area contributed by atoms with Gasteiger partial charge in [0.15, 0.2) is 0 Å². The van der Waals surface area contributed by atoms with E-state index in [9.17, 15) is 0 Å². The smallest absolute Gasteiger partial charge is 0.0591 e. The van der Waals surface area contributed by atoms with Crippen molar-refractivity contribution in [1.82, 2.24) is 5.32 Å². The molecular weight excluding hydrogens is 126 g/mol. The zero-order valence-electron chi connectivity index (χ0n) is 6.89. The van der Waals surface area contributed by atoms with E-state index in [0.717, 1.165) is 32.2 Å². The molecule has 2 heteroatoms. The fourth-order valence-corrected chi connectivity index (χ4v) is 1.15. The Balaban J connectivity index is 2.28. The molecule has 0 aromatic heterocycles. The highest BCUT2D eigenvalue weighted by Crippen LogP contribution is 2.11. The Morgan fingerprint density at radius 3 is 3.00 bits per heavy atom. The van der Waals surface area contributed by atoms with Crippen LogP contribution in [0.5, 0.6) is 0 Å². The predicted octanol–water partition coefficient (Wildman–Crippen LogP) is 0.878. The van der Waals surface area contributed by atoms with Crippen LogP contribution < -0.4 is 5.32 Å². The highest BCUT2D eigenvalue weighted by Gasteiger charge is 2.14. The molecule has 1 fully saturated rings. The molecule has 1 aliphatic heterocycles. The van der Waals surface area contributed by atoms with Crippen LogP contribution in [0.3, 0.4) is 0 Å². The lowest BCUT2D eigenvalue weighted by atomic mass is 9.97. The van der Waals surface area contributed by atoms with Crippen LogP contribution in [0, 0.1) is 11.8 Å². The van der Waals surface area contributed by atoms with E-state index in [4.69, 9.17) is 4.74 Å². The first kappa shape index (κ1) is 8.02. The van der Waals surface area contributed by atoms with E-state index in [0.29, 0.717) is 5.92 Å². The number of nitrogens with one attached hydrogen (secondary N) is 1. The van der Waals surface area contributed by atoms with Crippen LogP contribution in [0.15, 0.2) is 0 Å². The Kier molecular flexibility index (Phi) is 3.16. The van der Waals surface area contributed by atoms with Gasteiger partial charge in [-0.15, -0.1) is 0 Å². The third kappa shape index (κ3) is 2.27. The first-order valence-corrected chi connectivity index (χ1v) is 4.09. The molecule has 10 heavy (non-hydrogen) atoms. The van der Waals surface area contributed by atoms with Gasteiger partial charge in [-0.25, -0.2) is 0 Å². The molecule has 0 aromatic rings. The molecule has 1 heterocycles. The van der Waals surface area contributed by atoms with Crippen molar-refractivity contribution in [1.29, 1.82) is 0 Å². The second kappa shape index (κ2) is 3.94. The fourth-order valence-electron chi connectivity index (χ4n) is 1.15. The highest BCUT2D eigenvalue weighted by atomic mass is 16.5. The molecule has 1 unspecified atom stereocenters. The van der Waals surface area contributed by atoms with Gasteiger partial charge in [-0.05, 0) is 11.8 Å². The van der Waals surface area contributed by atoms with Gasteiger partial charge >= 0.3 is 0 Å². The van der Waals surface area contributed by atoms with Crippen LogP contribution in [-0.4, -0.2) is 26.3 Å². The minimum atomic E-state index is 0.711. The molecule has 1 atom stereocenters. The lowest BCUT2D eigenvalue weighted by molar-refractivity contribution is 0.108. The third-order valence-corrected chi connectivity index (χ3v) is 2.10. The third-order valence-electron chi connectivity index (χ3n) is 2.10. The normalized spacial score (nSPS) is 28.5. The number of ether oxygens (including phenoxy) is 1. The summed E-state index contributed by atoms with van der Waals surface area (Å²) in [7, 11) is 0. The first-order chi connectivity index (χ1) is 4.80. The highest BCUT2D eigenvalue weighted by molar-refractivity contribution is 4.67. The lowest BCUT2D eigenvalue weighted by Gasteiger charge is -2.16. The molecule has 0 bridgehead atoms. The van der Waals surface area contributed by atoms with E-state index in [1.807, 2.05) is 0 Å². The van der Waals surface area contributed by atoms with E-state index in [2.05, 4.69) is 19.2 Å². The first-order valence-electron chi connectivity index (χ1n) is 4.09. The zero-order valence-corrected chi connectivity index (χ0v) is 6.89. The fraction of sp³-hybridized carbons (Fsp3) is 1.00. The van der Waals surface area contributed by atoms with E-state index >= 15 is 0 Å². The van der Waals surface area contributed by atoms with Gasteiger partial charge in [0.05, 0.1) is 13.2 Å². The maximum absolute atomic E-state index is 5.41. The van der Waals surface area contributed by atoms with Gasteiger partial charge in [-0.1, -0.05) is 13.8 Å². The molecule has 0 radical (unpaired) electrons. The lowest BCUT2D eigenvalue weighted by Crippen LogP contribution is -2.26. The van der Waals surface area contributed by atoms with Gasteiger partial charge in [0.1, 0.15) is 0 Å². The van der Waals surface area contributed by atoms with Crippen molar-refractivity contribution >= 4 is 0 Å². The van der Waals surface area contributed by atoms with Crippen molar-refractivity contribution in [3.8, 4) is 0 Å². The van der Waals surface area contributed by atoms with Gasteiger partial charge in [-0.3, -0.25) is 0 Å². The van der Waals surface area contributed by atoms with E-state index < -0.39 is 0 Å². The average molecular weight is 143 g/mol. The Morgan fingerprint density at radius 2 is 2.30 bits per heavy atom. The molecule has 1 saturated heterocycles. The summed E-state index contributed by atoms with van der Waals surface area (Å²) in [5.41, 5.74) is 0. The van der Waals surface area contributed by atoms with Crippen LogP contribution in [0.2, 0.25) is 0 Å². The summed E-state index contributed by atoms with van der Waals surface area (Å²) >= 11 is 0. The van der Waals surface area contributed by atoms with Gasteiger partial charge in [-0.2, -0.15) is 0 Å². The zero-order chi connectivity index (χ0) is 7.40. The number of rotatable bonds is 1. The summed E-state index contributed by atoms with van der Waals surface area (Å²) < 4.78 is 5.41. The minimum absolute atomic E-state index is 0.711. The van der Waals surface area contributed by atoms with Crippen LogP contribution in [0.25, 0.3) is 0 Å². The van der Waals surface area contributed by atoms with Crippen molar-refractivity contribution in [2.24, 2.45) is 11.8 Å². The Hall–Kier alpha value is -0.0800. The standard InChI is InChI=1S/C8H17NO/c1-7(2)8-5-9-3-4-10-6-8/h7-9H,3-6H2,1-2H3. The second-order valence-electron chi connectivity index (χ2n) is 3.28. The topological polar surface area (TPSA) is 21.3 Å². The number of hydrogen-bond donors (Lipinski definition) is 1. The van der Waals surface area contributed by atoms with Crippen molar-refractivity contribution < 1.29 is 4.74 Å². The second-order valence-corrected chi connectivity index (χ2v) is 3.28. The molecule has 2 nitrogen and oxygen atoms in total. The summed E-state index contributed by atoms with van der Waals surface area (Å²) in [5.74, 6) is 1.45. The summed E-state index contributed by atoms with van der Waals surface area (Å²) in [5, 5.41) is 3.35. The van der Waals surface area contributed by atoms with E-state index in [1.54, 1.807) is 0 Å². The van der Waals surface area contributed by atoms with Crippen molar-refractivity contribution in [3.05, 3.63) is 0 Å². The SMILES string of the molecule is CC(C)C1CNCCOC1. The summed E-state index contributed by atoms with van der Waals surface area (Å²) in [4.78, 5) is 0. The molecular formula is C8H17NO. The van der Waals surface area contributed by atoms with Crippen LogP contribution in [0.4, 0.5) is 0 Å². The minimum Gasteiger partial charge on any atom is -0.380 e. The summed E-state index contributed by atoms with van der Waals surface area (Å²) in [6.07, 6.45) is 0. The van der Waals surface area contributed by atoms with E-state index in [-0.39, 0.29) is 0 Å². The molecule has 0 saturated carbocycles. The molecule has 0 aliphatic carbocycles. The van der Waals surface area contributed by atoms with Crippen molar-refractivity contribution in [2.75, 3.05) is 26.3 Å². The molecule has 1 rings (SSSR count). The monoisotopic (exact) mass is 143 g/mol. The molecule has 0 amide bonds. The Bertz CT molecular complexity index is 85.3. The maximum atomic E-state index is 5.41. The Morgan fingerprint density at radius 1 is 1.50 bits per heavy atom. The van der Waals surface area contributed by atoms with Gasteiger partial charge in [0, 0.05) is 13.1 Å². The largest absolute Gasteiger partial charge is 0.380 e. The molecule has 1 N–H and O–H groups in total. The van der Waals surface area contributed by atoms with Gasteiger partial charge in [0.2, 0.25) is 0 Å². The maximum Gasteiger partial charge on any atom is 0.0591 e. The summed E-state index contributed by atoms with van der Waals surface area (Å²) in [6.45, 7) is 8.46.